The number of hydrogen-bond acceptors (Lipinski definition) is 3. The van der Waals surface area contributed by atoms with E-state index >= 15 is 0 Å². The number of halogens is 2. The van der Waals surface area contributed by atoms with Gasteiger partial charge in [-0.05, 0) is 30.7 Å². The summed E-state index contributed by atoms with van der Waals surface area (Å²) in [4.78, 5) is 4.14. The first-order valence-corrected chi connectivity index (χ1v) is 6.32. The van der Waals surface area contributed by atoms with E-state index < -0.39 is 17.7 Å². The van der Waals surface area contributed by atoms with Gasteiger partial charge in [0.15, 0.2) is 0 Å². The van der Waals surface area contributed by atoms with Crippen molar-refractivity contribution in [3.05, 3.63) is 65.0 Å². The van der Waals surface area contributed by atoms with Crippen LogP contribution in [-0.2, 0) is 6.54 Å². The number of aliphatic hydroxyl groups excluding tert-OH is 1. The van der Waals surface area contributed by atoms with Gasteiger partial charge in [-0.3, -0.25) is 4.98 Å². The van der Waals surface area contributed by atoms with Gasteiger partial charge < -0.3 is 10.4 Å². The van der Waals surface area contributed by atoms with Gasteiger partial charge in [0.1, 0.15) is 11.6 Å². The van der Waals surface area contributed by atoms with Gasteiger partial charge in [-0.25, -0.2) is 8.78 Å². The molecule has 0 aliphatic carbocycles. The minimum atomic E-state index is -1.23. The molecule has 1 heterocycles. The molecule has 0 fully saturated rings. The Morgan fingerprint density at radius 3 is 2.50 bits per heavy atom. The number of nitrogens with one attached hydrogen (secondary N) is 1. The lowest BCUT2D eigenvalue weighted by Gasteiger charge is -2.13. The molecule has 2 N–H and O–H groups in total. The number of hydrogen-bond donors (Lipinski definition) is 2. The lowest BCUT2D eigenvalue weighted by Crippen LogP contribution is -2.22. The van der Waals surface area contributed by atoms with Crippen LogP contribution in [0.3, 0.4) is 0 Å². The number of benzene rings is 1. The largest absolute Gasteiger partial charge is 0.387 e. The molecule has 20 heavy (non-hydrogen) atoms. The molecule has 1 aromatic carbocycles. The fraction of sp³-hybridized carbons (Fsp3) is 0.267. The van der Waals surface area contributed by atoms with Gasteiger partial charge in [-0.1, -0.05) is 12.1 Å². The van der Waals surface area contributed by atoms with Crippen molar-refractivity contribution in [3.8, 4) is 0 Å². The summed E-state index contributed by atoms with van der Waals surface area (Å²) in [5.41, 5.74) is 1.56. The van der Waals surface area contributed by atoms with E-state index in [0.29, 0.717) is 6.54 Å². The Bertz CT molecular complexity index is 552. The molecule has 0 bridgehead atoms. The van der Waals surface area contributed by atoms with E-state index in [4.69, 9.17) is 0 Å². The molecule has 0 aliphatic rings. The van der Waals surface area contributed by atoms with Crippen molar-refractivity contribution in [2.45, 2.75) is 19.6 Å². The van der Waals surface area contributed by atoms with Crippen molar-refractivity contribution in [3.63, 3.8) is 0 Å². The predicted molar refractivity (Wildman–Crippen MR) is 72.0 cm³/mol. The highest BCUT2D eigenvalue weighted by Gasteiger charge is 2.17. The maximum Gasteiger partial charge on any atom is 0.131 e. The van der Waals surface area contributed by atoms with Crippen molar-refractivity contribution >= 4 is 0 Å². The summed E-state index contributed by atoms with van der Waals surface area (Å²) in [5, 5.41) is 12.8. The molecule has 0 saturated carbocycles. The number of nitrogens with zero attached hydrogens (tertiary/aromatic N) is 1. The maximum absolute atomic E-state index is 13.5. The smallest absolute Gasteiger partial charge is 0.131 e. The molecule has 0 aliphatic heterocycles. The number of rotatable bonds is 5. The summed E-state index contributed by atoms with van der Waals surface area (Å²) >= 11 is 0. The molecule has 0 saturated heterocycles. The standard InChI is InChI=1S/C15H16F2N2O/c1-10-5-6-11(8-19-10)7-18-9-14(20)15-12(16)3-2-4-13(15)17/h2-6,8,14,18,20H,7,9H2,1H3. The van der Waals surface area contributed by atoms with Crippen molar-refractivity contribution in [1.82, 2.24) is 10.3 Å². The maximum atomic E-state index is 13.5. The number of aryl methyl sites for hydroxylation is 1. The van der Waals surface area contributed by atoms with Crippen molar-refractivity contribution in [2.75, 3.05) is 6.54 Å². The second-order valence-electron chi connectivity index (χ2n) is 4.59. The lowest BCUT2D eigenvalue weighted by atomic mass is 10.1. The highest BCUT2D eigenvalue weighted by Crippen LogP contribution is 2.19. The average molecular weight is 278 g/mol. The minimum absolute atomic E-state index is 0.0612. The summed E-state index contributed by atoms with van der Waals surface area (Å²) in [7, 11) is 0. The Balaban J connectivity index is 1.92. The van der Waals surface area contributed by atoms with Crippen LogP contribution >= 0.6 is 0 Å². The van der Waals surface area contributed by atoms with Gasteiger partial charge in [0.2, 0.25) is 0 Å². The van der Waals surface area contributed by atoms with Crippen LogP contribution in [0.2, 0.25) is 0 Å². The molecule has 5 heteroatoms. The summed E-state index contributed by atoms with van der Waals surface area (Å²) in [6.07, 6.45) is 0.493. The monoisotopic (exact) mass is 278 g/mol. The molecule has 1 aromatic heterocycles. The van der Waals surface area contributed by atoms with E-state index in [1.807, 2.05) is 19.1 Å². The van der Waals surface area contributed by atoms with E-state index in [9.17, 15) is 13.9 Å². The summed E-state index contributed by atoms with van der Waals surface area (Å²) in [5.74, 6) is -1.48. The zero-order chi connectivity index (χ0) is 14.5. The highest BCUT2D eigenvalue weighted by atomic mass is 19.1. The number of pyridine rings is 1. The van der Waals surface area contributed by atoms with Crippen LogP contribution in [0.25, 0.3) is 0 Å². The Morgan fingerprint density at radius 1 is 1.20 bits per heavy atom. The fourth-order valence-corrected chi connectivity index (χ4v) is 1.89. The Labute approximate surface area is 116 Å². The molecular formula is C15H16F2N2O. The van der Waals surface area contributed by atoms with Gasteiger partial charge >= 0.3 is 0 Å². The van der Waals surface area contributed by atoms with Gasteiger partial charge in [0.05, 0.1) is 11.7 Å². The number of aromatic nitrogens is 1. The van der Waals surface area contributed by atoms with Crippen LogP contribution in [0.5, 0.6) is 0 Å². The van der Waals surface area contributed by atoms with Gasteiger partial charge in [-0.2, -0.15) is 0 Å². The van der Waals surface area contributed by atoms with Crippen LogP contribution in [0.1, 0.15) is 22.9 Å². The molecule has 1 atom stereocenters. The molecule has 1 unspecified atom stereocenters. The molecule has 3 nitrogen and oxygen atoms in total. The molecule has 106 valence electrons. The lowest BCUT2D eigenvalue weighted by molar-refractivity contribution is 0.164. The first kappa shape index (κ1) is 14.6. The molecule has 2 rings (SSSR count). The van der Waals surface area contributed by atoms with E-state index in [1.54, 1.807) is 6.20 Å². The quantitative estimate of drug-likeness (QED) is 0.883. The first-order chi connectivity index (χ1) is 9.58. The average Bonchev–Trinajstić information content (AvgIpc) is 2.41. The topological polar surface area (TPSA) is 45.1 Å². The van der Waals surface area contributed by atoms with Crippen molar-refractivity contribution in [1.29, 1.82) is 0 Å². The van der Waals surface area contributed by atoms with Gasteiger partial charge in [-0.15, -0.1) is 0 Å². The van der Waals surface area contributed by atoms with Gasteiger partial charge in [0, 0.05) is 25.0 Å². The molecule has 2 aromatic rings. The van der Waals surface area contributed by atoms with E-state index in [2.05, 4.69) is 10.3 Å². The van der Waals surface area contributed by atoms with Gasteiger partial charge in [0.25, 0.3) is 0 Å². The number of aliphatic hydroxyl groups is 1. The van der Waals surface area contributed by atoms with Crippen LogP contribution in [-0.4, -0.2) is 16.6 Å². The van der Waals surface area contributed by atoms with E-state index in [0.717, 1.165) is 23.4 Å². The third-order valence-corrected chi connectivity index (χ3v) is 2.97. The van der Waals surface area contributed by atoms with Crippen molar-refractivity contribution in [2.24, 2.45) is 0 Å². The summed E-state index contributed by atoms with van der Waals surface area (Å²) in [6, 6.07) is 7.32. The Hall–Kier alpha value is -1.85. The zero-order valence-corrected chi connectivity index (χ0v) is 11.1. The Morgan fingerprint density at radius 2 is 1.90 bits per heavy atom. The van der Waals surface area contributed by atoms with Crippen LogP contribution in [0.15, 0.2) is 36.5 Å². The van der Waals surface area contributed by atoms with E-state index in [-0.39, 0.29) is 12.1 Å². The molecule has 0 spiro atoms. The summed E-state index contributed by atoms with van der Waals surface area (Å²) in [6.45, 7) is 2.42. The molecule has 0 amide bonds. The van der Waals surface area contributed by atoms with Crippen LogP contribution in [0, 0.1) is 18.6 Å². The SMILES string of the molecule is Cc1ccc(CNCC(O)c2c(F)cccc2F)cn1. The van der Waals surface area contributed by atoms with Crippen LogP contribution in [0.4, 0.5) is 8.78 Å². The zero-order valence-electron chi connectivity index (χ0n) is 11.1. The predicted octanol–water partition coefficient (Wildman–Crippen LogP) is 2.49. The highest BCUT2D eigenvalue weighted by molar-refractivity contribution is 5.22. The van der Waals surface area contributed by atoms with Crippen LogP contribution < -0.4 is 5.32 Å². The Kier molecular flexibility index (Phi) is 4.76. The molecular weight excluding hydrogens is 262 g/mol. The molecule has 0 radical (unpaired) electrons. The van der Waals surface area contributed by atoms with E-state index in [1.165, 1.54) is 6.07 Å². The summed E-state index contributed by atoms with van der Waals surface area (Å²) < 4.78 is 26.9. The third kappa shape index (κ3) is 3.59. The fourth-order valence-electron chi connectivity index (χ4n) is 1.89. The second-order valence-corrected chi connectivity index (χ2v) is 4.59. The minimum Gasteiger partial charge on any atom is -0.387 e. The second kappa shape index (κ2) is 6.54. The first-order valence-electron chi connectivity index (χ1n) is 6.32. The normalized spacial score (nSPS) is 12.4. The third-order valence-electron chi connectivity index (χ3n) is 2.97. The van der Waals surface area contributed by atoms with Crippen molar-refractivity contribution < 1.29 is 13.9 Å².